The molecule has 2 rings (SSSR count). The molecule has 0 fully saturated rings. The number of ether oxygens (including phenoxy) is 2. The minimum atomic E-state index is -0.565. The van der Waals surface area contributed by atoms with E-state index in [0.29, 0.717) is 15.7 Å². The molecule has 7 nitrogen and oxygen atoms in total. The van der Waals surface area contributed by atoms with Gasteiger partial charge in [-0.15, -0.1) is 0 Å². The Labute approximate surface area is 158 Å². The van der Waals surface area contributed by atoms with Crippen LogP contribution in [-0.4, -0.2) is 44.0 Å². The van der Waals surface area contributed by atoms with Gasteiger partial charge in [-0.3, -0.25) is 9.59 Å². The first-order valence-electron chi connectivity index (χ1n) is 7.01. The van der Waals surface area contributed by atoms with Gasteiger partial charge >= 0.3 is 0 Å². The van der Waals surface area contributed by atoms with Gasteiger partial charge in [-0.1, -0.05) is 29.3 Å². The molecule has 1 aliphatic rings. The highest BCUT2D eigenvalue weighted by molar-refractivity contribution is 8.18. The molecule has 10 heteroatoms. The number of para-hydroxylation sites is 1. The number of aliphatic imine (C=N–C) groups is 1. The van der Waals surface area contributed by atoms with Crippen molar-refractivity contribution in [3.8, 4) is 0 Å². The summed E-state index contributed by atoms with van der Waals surface area (Å²) < 4.78 is 9.92. The summed E-state index contributed by atoms with van der Waals surface area (Å²) in [6.07, 6.45) is 0.604. The van der Waals surface area contributed by atoms with Crippen LogP contribution >= 0.6 is 35.0 Å². The van der Waals surface area contributed by atoms with E-state index >= 15 is 0 Å². The van der Waals surface area contributed by atoms with Crippen LogP contribution in [0.15, 0.2) is 34.2 Å². The SMILES string of the molecule is COC(CNC(=O)C=C1SC(Nc2c(Cl)cccc2Cl)=NC1=O)OC. The molecule has 0 saturated heterocycles. The average molecular weight is 404 g/mol. The topological polar surface area (TPSA) is 89.0 Å². The van der Waals surface area contributed by atoms with Crippen molar-refractivity contribution in [2.45, 2.75) is 6.29 Å². The lowest BCUT2D eigenvalue weighted by atomic mass is 10.3. The van der Waals surface area contributed by atoms with Crippen molar-refractivity contribution in [3.05, 3.63) is 39.2 Å². The number of anilines is 1. The molecule has 25 heavy (non-hydrogen) atoms. The molecule has 0 spiro atoms. The molecule has 0 atom stereocenters. The zero-order valence-electron chi connectivity index (χ0n) is 13.3. The zero-order chi connectivity index (χ0) is 18.4. The van der Waals surface area contributed by atoms with E-state index in [4.69, 9.17) is 32.7 Å². The van der Waals surface area contributed by atoms with Crippen molar-refractivity contribution in [1.82, 2.24) is 5.32 Å². The molecule has 0 radical (unpaired) electrons. The van der Waals surface area contributed by atoms with Crippen LogP contribution in [0, 0.1) is 0 Å². The number of hydrogen-bond acceptors (Lipinski definition) is 6. The van der Waals surface area contributed by atoms with Gasteiger partial charge in [-0.05, 0) is 23.9 Å². The molecule has 2 amide bonds. The van der Waals surface area contributed by atoms with Gasteiger partial charge in [0.25, 0.3) is 5.91 Å². The molecule has 1 aromatic carbocycles. The molecule has 2 N–H and O–H groups in total. The van der Waals surface area contributed by atoms with Crippen molar-refractivity contribution in [2.75, 3.05) is 26.1 Å². The van der Waals surface area contributed by atoms with Gasteiger partial charge in [-0.25, -0.2) is 0 Å². The molecule has 0 aromatic heterocycles. The van der Waals surface area contributed by atoms with Crippen molar-refractivity contribution < 1.29 is 19.1 Å². The average Bonchev–Trinajstić information content (AvgIpc) is 2.91. The quantitative estimate of drug-likeness (QED) is 0.560. The number of amidine groups is 1. The number of amides is 2. The predicted octanol–water partition coefficient (Wildman–Crippen LogP) is 2.65. The standard InChI is InChI=1S/C15H15Cl2N3O4S/c1-23-12(24-2)7-18-11(21)6-10-14(22)20-15(25-10)19-13-8(16)4-3-5-9(13)17/h3-6,12H,7H2,1-2H3,(H,18,21)(H,19,20,22). The van der Waals surface area contributed by atoms with Crippen molar-refractivity contribution in [2.24, 2.45) is 4.99 Å². The van der Waals surface area contributed by atoms with Crippen LogP contribution in [0.25, 0.3) is 0 Å². The summed E-state index contributed by atoms with van der Waals surface area (Å²) in [5.41, 5.74) is 0.443. The number of methoxy groups -OCH3 is 2. The number of nitrogens with one attached hydrogen (secondary N) is 2. The molecular weight excluding hydrogens is 389 g/mol. The van der Waals surface area contributed by atoms with Crippen LogP contribution < -0.4 is 10.6 Å². The second kappa shape index (κ2) is 9.21. The van der Waals surface area contributed by atoms with E-state index in [1.807, 2.05) is 0 Å². The van der Waals surface area contributed by atoms with E-state index in [9.17, 15) is 9.59 Å². The highest BCUT2D eigenvalue weighted by Gasteiger charge is 2.24. The van der Waals surface area contributed by atoms with Gasteiger partial charge < -0.3 is 20.1 Å². The number of hydrogen-bond donors (Lipinski definition) is 2. The first-order chi connectivity index (χ1) is 11.9. The van der Waals surface area contributed by atoms with Gasteiger partial charge in [0.1, 0.15) is 0 Å². The fourth-order valence-electron chi connectivity index (χ4n) is 1.80. The number of rotatable bonds is 6. The maximum atomic E-state index is 11.9. The molecule has 0 unspecified atom stereocenters. The smallest absolute Gasteiger partial charge is 0.286 e. The Balaban J connectivity index is 1.99. The Hall–Kier alpha value is -1.58. The number of nitrogens with zero attached hydrogens (tertiary/aromatic N) is 1. The molecule has 1 heterocycles. The molecule has 0 aliphatic carbocycles. The summed E-state index contributed by atoms with van der Waals surface area (Å²) >= 11 is 13.1. The first-order valence-corrected chi connectivity index (χ1v) is 8.59. The number of carbonyl (C=O) groups excluding carboxylic acids is 2. The van der Waals surface area contributed by atoms with Crippen LogP contribution in [0.2, 0.25) is 10.0 Å². The lowest BCUT2D eigenvalue weighted by Crippen LogP contribution is -2.33. The highest BCUT2D eigenvalue weighted by atomic mass is 35.5. The Kier molecular flexibility index (Phi) is 7.27. The van der Waals surface area contributed by atoms with Crippen molar-refractivity contribution >= 4 is 57.6 Å². The van der Waals surface area contributed by atoms with Crippen LogP contribution in [0.5, 0.6) is 0 Å². The first kappa shape index (κ1) is 19.7. The number of halogens is 2. The Morgan fingerprint density at radius 2 is 1.96 bits per heavy atom. The molecule has 1 aliphatic heterocycles. The number of carbonyl (C=O) groups is 2. The van der Waals surface area contributed by atoms with Gasteiger partial charge in [0.05, 0.1) is 27.2 Å². The lowest BCUT2D eigenvalue weighted by Gasteiger charge is -2.13. The second-order valence-electron chi connectivity index (χ2n) is 4.70. The maximum Gasteiger partial charge on any atom is 0.286 e. The Morgan fingerprint density at radius 1 is 1.32 bits per heavy atom. The zero-order valence-corrected chi connectivity index (χ0v) is 15.7. The summed E-state index contributed by atoms with van der Waals surface area (Å²) in [7, 11) is 2.92. The third-order valence-corrected chi connectivity index (χ3v) is 4.58. The lowest BCUT2D eigenvalue weighted by molar-refractivity contribution is -0.123. The summed E-state index contributed by atoms with van der Waals surface area (Å²) in [4.78, 5) is 27.8. The third-order valence-electron chi connectivity index (χ3n) is 3.05. The van der Waals surface area contributed by atoms with E-state index in [1.165, 1.54) is 20.3 Å². The molecule has 134 valence electrons. The minimum Gasteiger partial charge on any atom is -0.354 e. The minimum absolute atomic E-state index is 0.148. The summed E-state index contributed by atoms with van der Waals surface area (Å²) in [6, 6.07) is 5.02. The van der Waals surface area contributed by atoms with E-state index in [1.54, 1.807) is 18.2 Å². The summed E-state index contributed by atoms with van der Waals surface area (Å²) in [6.45, 7) is 0.148. The van der Waals surface area contributed by atoms with Crippen molar-refractivity contribution in [3.63, 3.8) is 0 Å². The molecule has 1 aromatic rings. The van der Waals surface area contributed by atoms with Crippen molar-refractivity contribution in [1.29, 1.82) is 0 Å². The Morgan fingerprint density at radius 3 is 2.56 bits per heavy atom. The van der Waals surface area contributed by atoms with Crippen LogP contribution in [0.4, 0.5) is 5.69 Å². The third kappa shape index (κ3) is 5.45. The van der Waals surface area contributed by atoms with Crippen LogP contribution in [-0.2, 0) is 19.1 Å². The molecule has 0 bridgehead atoms. The van der Waals surface area contributed by atoms with Gasteiger partial charge in [0.15, 0.2) is 11.5 Å². The van der Waals surface area contributed by atoms with E-state index in [-0.39, 0.29) is 16.6 Å². The van der Waals surface area contributed by atoms with E-state index in [0.717, 1.165) is 11.8 Å². The molecule has 0 saturated carbocycles. The number of benzene rings is 1. The predicted molar refractivity (Wildman–Crippen MR) is 99.0 cm³/mol. The highest BCUT2D eigenvalue weighted by Crippen LogP contribution is 2.33. The number of thioether (sulfide) groups is 1. The summed E-state index contributed by atoms with van der Waals surface area (Å²) in [5, 5.41) is 6.53. The molecular formula is C15H15Cl2N3O4S. The van der Waals surface area contributed by atoms with E-state index < -0.39 is 18.1 Å². The van der Waals surface area contributed by atoms with Gasteiger partial charge in [0, 0.05) is 20.3 Å². The Bertz CT molecular complexity index is 715. The van der Waals surface area contributed by atoms with Gasteiger partial charge in [0.2, 0.25) is 5.91 Å². The fraction of sp³-hybridized carbons (Fsp3) is 0.267. The normalized spacial score (nSPS) is 15.6. The fourth-order valence-corrected chi connectivity index (χ4v) is 3.08. The maximum absolute atomic E-state index is 11.9. The monoisotopic (exact) mass is 403 g/mol. The van der Waals surface area contributed by atoms with E-state index in [2.05, 4.69) is 15.6 Å². The van der Waals surface area contributed by atoms with Gasteiger partial charge in [-0.2, -0.15) is 4.99 Å². The summed E-state index contributed by atoms with van der Waals surface area (Å²) in [5.74, 6) is -0.983. The van der Waals surface area contributed by atoms with Crippen LogP contribution in [0.1, 0.15) is 0 Å². The second-order valence-corrected chi connectivity index (χ2v) is 6.55. The van der Waals surface area contributed by atoms with Crippen LogP contribution in [0.3, 0.4) is 0 Å². The largest absolute Gasteiger partial charge is 0.354 e.